The van der Waals surface area contributed by atoms with Crippen molar-refractivity contribution in [1.82, 2.24) is 10.2 Å². The topological polar surface area (TPSA) is 66.5 Å². The lowest BCUT2D eigenvalue weighted by molar-refractivity contribution is -0.129. The van der Waals surface area contributed by atoms with Gasteiger partial charge >= 0.3 is 0 Å². The maximum Gasteiger partial charge on any atom is 0.237 e. The smallest absolute Gasteiger partial charge is 0.237 e. The predicted octanol–water partition coefficient (Wildman–Crippen LogP) is 1.24. The highest BCUT2D eigenvalue weighted by atomic mass is 32.2. The van der Waals surface area contributed by atoms with Crippen molar-refractivity contribution in [1.29, 1.82) is 0 Å². The van der Waals surface area contributed by atoms with E-state index in [2.05, 4.69) is 5.32 Å². The molecule has 2 rings (SSSR count). The van der Waals surface area contributed by atoms with Crippen LogP contribution in [0.25, 0.3) is 0 Å². The Morgan fingerprint density at radius 2 is 1.87 bits per heavy atom. The molecule has 1 aliphatic heterocycles. The average molecular weight is 338 g/mol. The molecule has 0 spiro atoms. The van der Waals surface area contributed by atoms with Crippen molar-refractivity contribution < 1.29 is 13.2 Å². The van der Waals surface area contributed by atoms with Crippen LogP contribution in [-0.4, -0.2) is 56.9 Å². The molecule has 1 fully saturated rings. The number of carbonyl (C=O) groups excluding carboxylic acids is 1. The van der Waals surface area contributed by atoms with Crippen LogP contribution in [0.3, 0.4) is 0 Å². The summed E-state index contributed by atoms with van der Waals surface area (Å²) in [4.78, 5) is 13.8. The van der Waals surface area contributed by atoms with E-state index in [0.717, 1.165) is 37.9 Å². The van der Waals surface area contributed by atoms with Crippen molar-refractivity contribution in [2.75, 3.05) is 31.6 Å². The molecule has 0 unspecified atom stereocenters. The molecule has 1 amide bonds. The largest absolute Gasteiger partial charge is 0.342 e. The fourth-order valence-electron chi connectivity index (χ4n) is 2.90. The zero-order valence-electron chi connectivity index (χ0n) is 13.7. The fraction of sp³-hybridized carbons (Fsp3) is 0.588. The Morgan fingerprint density at radius 1 is 1.22 bits per heavy atom. The molecule has 5 nitrogen and oxygen atoms in total. The number of hydrogen-bond donors (Lipinski definition) is 1. The monoisotopic (exact) mass is 338 g/mol. The molecule has 128 valence electrons. The van der Waals surface area contributed by atoms with E-state index >= 15 is 0 Å². The van der Waals surface area contributed by atoms with Gasteiger partial charge in [-0.3, -0.25) is 4.79 Å². The van der Waals surface area contributed by atoms with Crippen molar-refractivity contribution in [3.8, 4) is 0 Å². The molecule has 1 aliphatic rings. The van der Waals surface area contributed by atoms with E-state index in [0.29, 0.717) is 6.42 Å². The highest BCUT2D eigenvalue weighted by Crippen LogP contribution is 2.11. The van der Waals surface area contributed by atoms with E-state index in [1.54, 1.807) is 11.9 Å². The van der Waals surface area contributed by atoms with Crippen molar-refractivity contribution in [2.45, 2.75) is 31.7 Å². The molecule has 1 aromatic carbocycles. The second-order valence-electron chi connectivity index (χ2n) is 6.17. The second-order valence-corrected chi connectivity index (χ2v) is 8.35. The zero-order chi connectivity index (χ0) is 16.7. The molecule has 1 saturated heterocycles. The van der Waals surface area contributed by atoms with Gasteiger partial charge in [-0.25, -0.2) is 8.42 Å². The Bertz CT molecular complexity index is 596. The van der Waals surface area contributed by atoms with Crippen LogP contribution in [0.15, 0.2) is 30.3 Å². The predicted molar refractivity (Wildman–Crippen MR) is 92.1 cm³/mol. The van der Waals surface area contributed by atoms with E-state index in [-0.39, 0.29) is 23.5 Å². The van der Waals surface area contributed by atoms with Crippen LogP contribution in [0, 0.1) is 0 Å². The molecule has 0 aliphatic carbocycles. The third-order valence-electron chi connectivity index (χ3n) is 4.36. The summed E-state index contributed by atoms with van der Waals surface area (Å²) in [5.41, 5.74) is 1.13. The molecule has 6 heteroatoms. The fourth-order valence-corrected chi connectivity index (χ4v) is 4.21. The van der Waals surface area contributed by atoms with E-state index in [1.165, 1.54) is 0 Å². The first-order chi connectivity index (χ1) is 11.0. The molecule has 0 bridgehead atoms. The Hall–Kier alpha value is -1.40. The van der Waals surface area contributed by atoms with Gasteiger partial charge in [0.15, 0.2) is 9.84 Å². The summed E-state index contributed by atoms with van der Waals surface area (Å²) in [6.07, 6.45) is 3.04. The van der Waals surface area contributed by atoms with E-state index < -0.39 is 9.84 Å². The van der Waals surface area contributed by atoms with Crippen LogP contribution in [0.5, 0.6) is 0 Å². The molecule has 23 heavy (non-hydrogen) atoms. The number of rotatable bonds is 7. The van der Waals surface area contributed by atoms with Gasteiger partial charge in [0.05, 0.1) is 5.75 Å². The third-order valence-corrected chi connectivity index (χ3v) is 5.95. The number of aryl methyl sites for hydroxylation is 1. The number of carbonyl (C=O) groups is 1. The van der Waals surface area contributed by atoms with E-state index in [1.807, 2.05) is 30.3 Å². The molecule has 0 aromatic heterocycles. The van der Waals surface area contributed by atoms with Gasteiger partial charge in [-0.05, 0) is 44.3 Å². The number of sulfone groups is 1. The third kappa shape index (κ3) is 5.95. The normalized spacial score (nSPS) is 16.2. The molecule has 0 radical (unpaired) electrons. The minimum absolute atomic E-state index is 0.0632. The van der Waals surface area contributed by atoms with Gasteiger partial charge in [0.2, 0.25) is 5.91 Å². The number of benzene rings is 1. The average Bonchev–Trinajstić information content (AvgIpc) is 2.55. The zero-order valence-corrected chi connectivity index (χ0v) is 14.5. The molecule has 1 aromatic rings. The number of amides is 1. The van der Waals surface area contributed by atoms with Gasteiger partial charge in [0.1, 0.15) is 5.75 Å². The SMILES string of the molecule is CN(C(=O)CS(=O)(=O)CCCc1ccccc1)C1CCNCC1. The summed E-state index contributed by atoms with van der Waals surface area (Å²) >= 11 is 0. The van der Waals surface area contributed by atoms with Crippen LogP contribution in [-0.2, 0) is 21.1 Å². The van der Waals surface area contributed by atoms with Crippen molar-refractivity contribution in [2.24, 2.45) is 0 Å². The Morgan fingerprint density at radius 3 is 2.52 bits per heavy atom. The lowest BCUT2D eigenvalue weighted by Crippen LogP contribution is -2.45. The Balaban J connectivity index is 1.79. The Labute approximate surface area is 139 Å². The first kappa shape index (κ1) is 17.9. The van der Waals surface area contributed by atoms with Crippen LogP contribution >= 0.6 is 0 Å². The highest BCUT2D eigenvalue weighted by molar-refractivity contribution is 7.92. The van der Waals surface area contributed by atoms with Crippen molar-refractivity contribution in [3.63, 3.8) is 0 Å². The molecule has 1 heterocycles. The number of nitrogens with zero attached hydrogens (tertiary/aromatic N) is 1. The number of piperidine rings is 1. The Kier molecular flexibility index (Phi) is 6.59. The molecular weight excluding hydrogens is 312 g/mol. The van der Waals surface area contributed by atoms with Crippen LogP contribution in [0.1, 0.15) is 24.8 Å². The first-order valence-electron chi connectivity index (χ1n) is 8.19. The summed E-state index contributed by atoms with van der Waals surface area (Å²) in [6, 6.07) is 9.96. The maximum atomic E-state index is 12.2. The minimum atomic E-state index is -3.34. The molecule has 1 N–H and O–H groups in total. The number of hydrogen-bond acceptors (Lipinski definition) is 4. The van der Waals surface area contributed by atoms with Crippen molar-refractivity contribution in [3.05, 3.63) is 35.9 Å². The highest BCUT2D eigenvalue weighted by Gasteiger charge is 2.25. The summed E-state index contributed by atoms with van der Waals surface area (Å²) in [5.74, 6) is -0.591. The summed E-state index contributed by atoms with van der Waals surface area (Å²) < 4.78 is 24.3. The molecular formula is C17H26N2O3S. The molecule has 0 atom stereocenters. The summed E-state index contributed by atoms with van der Waals surface area (Å²) in [6.45, 7) is 1.76. The van der Waals surface area contributed by atoms with Gasteiger partial charge in [-0.15, -0.1) is 0 Å². The van der Waals surface area contributed by atoms with Gasteiger partial charge < -0.3 is 10.2 Å². The lowest BCUT2D eigenvalue weighted by atomic mass is 10.1. The van der Waals surface area contributed by atoms with Crippen LogP contribution < -0.4 is 5.32 Å². The van der Waals surface area contributed by atoms with Crippen molar-refractivity contribution >= 4 is 15.7 Å². The van der Waals surface area contributed by atoms with E-state index in [9.17, 15) is 13.2 Å². The van der Waals surface area contributed by atoms with E-state index in [4.69, 9.17) is 0 Å². The standard InChI is InChI=1S/C17H26N2O3S/c1-19(16-9-11-18-12-10-16)17(20)14-23(21,22)13-5-8-15-6-3-2-4-7-15/h2-4,6-7,16,18H,5,8-14H2,1H3. The van der Waals surface area contributed by atoms with Gasteiger partial charge in [-0.1, -0.05) is 30.3 Å². The number of nitrogens with one attached hydrogen (secondary N) is 1. The van der Waals surface area contributed by atoms with Crippen LogP contribution in [0.2, 0.25) is 0 Å². The second kappa shape index (κ2) is 8.45. The lowest BCUT2D eigenvalue weighted by Gasteiger charge is -2.31. The molecule has 0 saturated carbocycles. The van der Waals surface area contributed by atoms with Gasteiger partial charge in [0, 0.05) is 13.1 Å². The van der Waals surface area contributed by atoms with Crippen LogP contribution in [0.4, 0.5) is 0 Å². The van der Waals surface area contributed by atoms with Gasteiger partial charge in [-0.2, -0.15) is 0 Å². The quantitative estimate of drug-likeness (QED) is 0.812. The van der Waals surface area contributed by atoms with Gasteiger partial charge in [0.25, 0.3) is 0 Å². The maximum absolute atomic E-state index is 12.2. The first-order valence-corrected chi connectivity index (χ1v) is 10.0. The summed E-state index contributed by atoms with van der Waals surface area (Å²) in [5, 5.41) is 3.24. The summed E-state index contributed by atoms with van der Waals surface area (Å²) in [7, 11) is -1.62. The minimum Gasteiger partial charge on any atom is -0.342 e.